The minimum absolute atomic E-state index is 0.401. The SMILES string of the molecule is CCCC1C2(C)OC(=N)C1(C#N)C(C#N)(C#N)C(c1cc(OC)cc(OC)c1)O2. The third-order valence-electron chi connectivity index (χ3n) is 5.97. The van der Waals surface area contributed by atoms with Crippen molar-refractivity contribution in [1.29, 1.82) is 21.2 Å². The smallest absolute Gasteiger partial charge is 0.214 e. The molecule has 3 rings (SSSR count). The minimum atomic E-state index is -1.99. The lowest BCUT2D eigenvalue weighted by Crippen LogP contribution is -2.58. The van der Waals surface area contributed by atoms with E-state index in [1.165, 1.54) is 14.2 Å². The predicted molar refractivity (Wildman–Crippen MR) is 101 cm³/mol. The van der Waals surface area contributed by atoms with Crippen molar-refractivity contribution in [1.82, 2.24) is 0 Å². The molecule has 8 nitrogen and oxygen atoms in total. The average molecular weight is 394 g/mol. The Morgan fingerprint density at radius 3 is 2.10 bits per heavy atom. The molecular formula is C21H22N4O4. The van der Waals surface area contributed by atoms with E-state index < -0.39 is 34.5 Å². The van der Waals surface area contributed by atoms with Crippen LogP contribution in [0.4, 0.5) is 0 Å². The Morgan fingerprint density at radius 2 is 1.66 bits per heavy atom. The van der Waals surface area contributed by atoms with Gasteiger partial charge < -0.3 is 18.9 Å². The minimum Gasteiger partial charge on any atom is -0.497 e. The molecule has 1 N–H and O–H groups in total. The first-order valence-electron chi connectivity index (χ1n) is 9.25. The third kappa shape index (κ3) is 2.48. The number of nitrogens with one attached hydrogen (secondary N) is 1. The van der Waals surface area contributed by atoms with Gasteiger partial charge in [-0.15, -0.1) is 0 Å². The number of benzene rings is 1. The normalized spacial score (nSPS) is 31.7. The van der Waals surface area contributed by atoms with Crippen molar-refractivity contribution in [2.75, 3.05) is 14.2 Å². The molecule has 0 spiro atoms. The summed E-state index contributed by atoms with van der Waals surface area (Å²) in [6.45, 7) is 3.58. The van der Waals surface area contributed by atoms with Gasteiger partial charge in [0, 0.05) is 13.0 Å². The molecule has 2 saturated heterocycles. The highest BCUT2D eigenvalue weighted by Gasteiger charge is 2.79. The van der Waals surface area contributed by atoms with Crippen LogP contribution in [0.1, 0.15) is 38.4 Å². The van der Waals surface area contributed by atoms with Gasteiger partial charge in [0.1, 0.15) is 17.6 Å². The van der Waals surface area contributed by atoms with Crippen LogP contribution >= 0.6 is 0 Å². The molecule has 0 saturated carbocycles. The lowest BCUT2D eigenvalue weighted by molar-refractivity contribution is -0.274. The fraction of sp³-hybridized carbons (Fsp3) is 0.524. The van der Waals surface area contributed by atoms with Crippen LogP contribution in [-0.4, -0.2) is 25.9 Å². The second kappa shape index (κ2) is 6.95. The number of nitriles is 3. The summed E-state index contributed by atoms with van der Waals surface area (Å²) in [6, 6.07) is 11.1. The summed E-state index contributed by atoms with van der Waals surface area (Å²) >= 11 is 0. The Hall–Kier alpha value is -3.28. The first kappa shape index (κ1) is 20.5. The maximum Gasteiger partial charge on any atom is 0.214 e. The lowest BCUT2D eigenvalue weighted by Gasteiger charge is -2.48. The van der Waals surface area contributed by atoms with Gasteiger partial charge in [0.25, 0.3) is 0 Å². The molecule has 2 bridgehead atoms. The summed E-state index contributed by atoms with van der Waals surface area (Å²) in [5, 5.41) is 39.1. The second-order valence-electron chi connectivity index (χ2n) is 7.38. The molecule has 0 aromatic heterocycles. The van der Waals surface area contributed by atoms with Crippen molar-refractivity contribution in [2.24, 2.45) is 16.7 Å². The van der Waals surface area contributed by atoms with E-state index in [1.807, 2.05) is 19.1 Å². The van der Waals surface area contributed by atoms with Crippen molar-refractivity contribution in [3.8, 4) is 29.7 Å². The van der Waals surface area contributed by atoms with E-state index in [-0.39, 0.29) is 0 Å². The highest BCUT2D eigenvalue weighted by molar-refractivity contribution is 5.89. The van der Waals surface area contributed by atoms with Gasteiger partial charge in [-0.3, -0.25) is 5.41 Å². The Kier molecular flexibility index (Phi) is 4.91. The standard InChI is InChI=1S/C21H22N4O4/c1-5-6-16-19(2)28-17(13-7-14(26-3)9-15(8-13)27-4)20(10-22,11-23)21(16,12-24)18(25)29-19/h7-9,16-17,25H,5-6H2,1-4H3. The second-order valence-corrected chi connectivity index (χ2v) is 7.38. The van der Waals surface area contributed by atoms with E-state index in [0.29, 0.717) is 29.9 Å². The van der Waals surface area contributed by atoms with Crippen LogP contribution in [0.25, 0.3) is 0 Å². The van der Waals surface area contributed by atoms with Gasteiger partial charge >= 0.3 is 0 Å². The fourth-order valence-electron chi connectivity index (χ4n) is 4.60. The maximum atomic E-state index is 10.2. The summed E-state index contributed by atoms with van der Waals surface area (Å²) in [5.74, 6) is -1.46. The van der Waals surface area contributed by atoms with Crippen LogP contribution in [0.3, 0.4) is 0 Å². The molecule has 1 aromatic rings. The number of ether oxygens (including phenoxy) is 4. The monoisotopic (exact) mass is 394 g/mol. The molecule has 4 atom stereocenters. The summed E-state index contributed by atoms with van der Waals surface area (Å²) in [5.41, 5.74) is -3.32. The summed E-state index contributed by atoms with van der Waals surface area (Å²) in [7, 11) is 2.97. The zero-order chi connectivity index (χ0) is 21.4. The van der Waals surface area contributed by atoms with Crippen LogP contribution in [0.5, 0.6) is 11.5 Å². The number of methoxy groups -OCH3 is 2. The van der Waals surface area contributed by atoms with Crippen molar-refractivity contribution >= 4 is 5.90 Å². The van der Waals surface area contributed by atoms with Crippen LogP contribution in [0.2, 0.25) is 0 Å². The number of rotatable bonds is 5. The molecule has 4 unspecified atom stereocenters. The zero-order valence-corrected chi connectivity index (χ0v) is 16.8. The quantitative estimate of drug-likeness (QED) is 0.808. The number of nitrogens with zero attached hydrogens (tertiary/aromatic N) is 3. The van der Waals surface area contributed by atoms with E-state index in [2.05, 4.69) is 6.07 Å². The molecule has 150 valence electrons. The number of hydrogen-bond donors (Lipinski definition) is 1. The topological polar surface area (TPSA) is 132 Å². The highest BCUT2D eigenvalue weighted by atomic mass is 16.7. The zero-order valence-electron chi connectivity index (χ0n) is 16.8. The maximum absolute atomic E-state index is 10.2. The van der Waals surface area contributed by atoms with E-state index >= 15 is 0 Å². The van der Waals surface area contributed by atoms with Crippen LogP contribution in [0.15, 0.2) is 18.2 Å². The van der Waals surface area contributed by atoms with E-state index in [0.717, 1.165) is 0 Å². The molecule has 0 aliphatic carbocycles. The van der Waals surface area contributed by atoms with Crippen molar-refractivity contribution in [3.63, 3.8) is 0 Å². The van der Waals surface area contributed by atoms with Crippen molar-refractivity contribution in [3.05, 3.63) is 23.8 Å². The van der Waals surface area contributed by atoms with Gasteiger partial charge in [0.2, 0.25) is 17.1 Å². The van der Waals surface area contributed by atoms with Gasteiger partial charge in [-0.05, 0) is 24.1 Å². The summed E-state index contributed by atoms with van der Waals surface area (Å²) in [6.07, 6.45) is -0.0120. The molecule has 29 heavy (non-hydrogen) atoms. The number of fused-ring (bicyclic) bond motifs is 2. The molecule has 0 amide bonds. The van der Waals surface area contributed by atoms with Gasteiger partial charge in [-0.1, -0.05) is 13.3 Å². The van der Waals surface area contributed by atoms with Crippen LogP contribution < -0.4 is 9.47 Å². The largest absolute Gasteiger partial charge is 0.497 e. The van der Waals surface area contributed by atoms with E-state index in [4.69, 9.17) is 24.4 Å². The predicted octanol–water partition coefficient (Wildman–Crippen LogP) is 3.46. The highest BCUT2D eigenvalue weighted by Crippen LogP contribution is 2.67. The van der Waals surface area contributed by atoms with Crippen molar-refractivity contribution in [2.45, 2.75) is 38.6 Å². The van der Waals surface area contributed by atoms with Gasteiger partial charge in [-0.2, -0.15) is 15.8 Å². The van der Waals surface area contributed by atoms with Crippen LogP contribution in [-0.2, 0) is 9.47 Å². The summed E-state index contributed by atoms with van der Waals surface area (Å²) < 4.78 is 22.6. The third-order valence-corrected chi connectivity index (χ3v) is 5.97. The molecule has 1 aromatic carbocycles. The summed E-state index contributed by atoms with van der Waals surface area (Å²) in [4.78, 5) is 0. The molecule has 0 radical (unpaired) electrons. The van der Waals surface area contributed by atoms with Crippen LogP contribution in [0, 0.1) is 56.2 Å². The first-order valence-corrected chi connectivity index (χ1v) is 9.25. The van der Waals surface area contributed by atoms with Crippen molar-refractivity contribution < 1.29 is 18.9 Å². The number of hydrogen-bond acceptors (Lipinski definition) is 8. The molecule has 2 aliphatic heterocycles. The first-order chi connectivity index (χ1) is 13.8. The van der Waals surface area contributed by atoms with E-state index in [9.17, 15) is 15.8 Å². The van der Waals surface area contributed by atoms with Gasteiger partial charge in [0.05, 0.1) is 38.3 Å². The molecule has 8 heteroatoms. The Balaban J connectivity index is 2.32. The lowest BCUT2D eigenvalue weighted by atomic mass is 9.53. The fourth-order valence-corrected chi connectivity index (χ4v) is 4.60. The Labute approximate surface area is 169 Å². The van der Waals surface area contributed by atoms with E-state index in [1.54, 1.807) is 25.1 Å². The Bertz CT molecular complexity index is 936. The Morgan fingerprint density at radius 1 is 1.07 bits per heavy atom. The van der Waals surface area contributed by atoms with Gasteiger partial charge in [-0.25, -0.2) is 0 Å². The molecular weight excluding hydrogens is 372 g/mol. The molecule has 2 fully saturated rings. The molecule has 2 heterocycles. The van der Waals surface area contributed by atoms with Gasteiger partial charge in [0.15, 0.2) is 5.41 Å². The molecule has 2 aliphatic rings. The average Bonchev–Trinajstić information content (AvgIpc) is 2.90.